The Morgan fingerprint density at radius 1 is 0.895 bits per heavy atom. The average molecular weight is 291 g/mol. The minimum absolute atomic E-state index is 0.0660. The van der Waals surface area contributed by atoms with Crippen LogP contribution in [0.1, 0.15) is 17.2 Å². The maximum Gasteiger partial charge on any atom is 0.194 e. The molecule has 1 N–H and O–H groups in total. The van der Waals surface area contributed by atoms with Crippen LogP contribution in [0.4, 0.5) is 17.6 Å². The summed E-state index contributed by atoms with van der Waals surface area (Å²) in [5.41, 5.74) is -0.391. The zero-order valence-corrected chi connectivity index (χ0v) is 10.1. The molecule has 0 bridgehead atoms. The smallest absolute Gasteiger partial charge is 0.194 e. The van der Waals surface area contributed by atoms with Crippen molar-refractivity contribution in [1.82, 2.24) is 0 Å². The lowest BCUT2D eigenvalue weighted by molar-refractivity contribution is 0.212. The molecule has 0 fully saturated rings. The van der Waals surface area contributed by atoms with Crippen LogP contribution >= 0.6 is 11.6 Å². The van der Waals surface area contributed by atoms with Gasteiger partial charge in [0.05, 0.1) is 5.02 Å². The van der Waals surface area contributed by atoms with Gasteiger partial charge < -0.3 is 5.11 Å². The van der Waals surface area contributed by atoms with Crippen LogP contribution in [0.15, 0.2) is 30.3 Å². The fourth-order valence-electron chi connectivity index (χ4n) is 1.61. The van der Waals surface area contributed by atoms with E-state index in [1.54, 1.807) is 0 Å². The van der Waals surface area contributed by atoms with Gasteiger partial charge in [0.15, 0.2) is 17.5 Å². The van der Waals surface area contributed by atoms with E-state index in [9.17, 15) is 22.7 Å². The van der Waals surface area contributed by atoms with E-state index >= 15 is 0 Å². The molecule has 1 atom stereocenters. The Labute approximate surface area is 111 Å². The monoisotopic (exact) mass is 290 g/mol. The molecule has 6 heteroatoms. The zero-order chi connectivity index (χ0) is 14.2. The third-order valence-corrected chi connectivity index (χ3v) is 2.91. The van der Waals surface area contributed by atoms with Gasteiger partial charge in [-0.2, -0.15) is 0 Å². The molecule has 0 radical (unpaired) electrons. The molecule has 2 aromatic rings. The minimum Gasteiger partial charge on any atom is -0.384 e. The first-order valence-corrected chi connectivity index (χ1v) is 5.56. The molecule has 0 aliphatic rings. The molecule has 0 aromatic heterocycles. The van der Waals surface area contributed by atoms with E-state index < -0.39 is 34.9 Å². The second-order valence-corrected chi connectivity index (χ2v) is 4.25. The summed E-state index contributed by atoms with van der Waals surface area (Å²) in [5, 5.41) is 9.63. The van der Waals surface area contributed by atoms with Crippen LogP contribution in [0.2, 0.25) is 5.02 Å². The molecule has 0 amide bonds. The van der Waals surface area contributed by atoms with E-state index in [1.165, 1.54) is 6.07 Å². The Morgan fingerprint density at radius 3 is 2.16 bits per heavy atom. The third kappa shape index (κ3) is 2.57. The van der Waals surface area contributed by atoms with Crippen LogP contribution < -0.4 is 0 Å². The fourth-order valence-corrected chi connectivity index (χ4v) is 1.80. The van der Waals surface area contributed by atoms with Gasteiger partial charge in [0.2, 0.25) is 0 Å². The summed E-state index contributed by atoms with van der Waals surface area (Å²) in [6.07, 6.45) is -1.58. The molecule has 19 heavy (non-hydrogen) atoms. The molecular formula is C13H7ClF4O. The normalized spacial score (nSPS) is 12.5. The first kappa shape index (κ1) is 13.8. The zero-order valence-electron chi connectivity index (χ0n) is 9.30. The van der Waals surface area contributed by atoms with Gasteiger partial charge >= 0.3 is 0 Å². The van der Waals surface area contributed by atoms with Crippen LogP contribution in [0.5, 0.6) is 0 Å². The fraction of sp³-hybridized carbons (Fsp3) is 0.0769. The summed E-state index contributed by atoms with van der Waals surface area (Å²) in [7, 11) is 0. The quantitative estimate of drug-likeness (QED) is 0.655. The first-order chi connectivity index (χ1) is 8.91. The molecule has 0 saturated heterocycles. The van der Waals surface area contributed by atoms with E-state index in [4.69, 9.17) is 11.6 Å². The van der Waals surface area contributed by atoms with Crippen molar-refractivity contribution in [2.45, 2.75) is 6.10 Å². The third-order valence-electron chi connectivity index (χ3n) is 2.62. The van der Waals surface area contributed by atoms with Gasteiger partial charge in [-0.05, 0) is 23.8 Å². The van der Waals surface area contributed by atoms with Gasteiger partial charge in [0.25, 0.3) is 0 Å². The lowest BCUT2D eigenvalue weighted by atomic mass is 10.0. The van der Waals surface area contributed by atoms with Crippen LogP contribution in [0.3, 0.4) is 0 Å². The van der Waals surface area contributed by atoms with E-state index in [0.29, 0.717) is 6.07 Å². The molecular weight excluding hydrogens is 284 g/mol. The lowest BCUT2D eigenvalue weighted by Crippen LogP contribution is -2.06. The van der Waals surface area contributed by atoms with Crippen molar-refractivity contribution in [2.24, 2.45) is 0 Å². The summed E-state index contributed by atoms with van der Waals surface area (Å²) in [6.45, 7) is 0. The highest BCUT2D eigenvalue weighted by molar-refractivity contribution is 6.30. The number of aliphatic hydroxyl groups is 1. The topological polar surface area (TPSA) is 20.2 Å². The van der Waals surface area contributed by atoms with Gasteiger partial charge in [-0.3, -0.25) is 0 Å². The van der Waals surface area contributed by atoms with Crippen molar-refractivity contribution in [2.75, 3.05) is 0 Å². The summed E-state index contributed by atoms with van der Waals surface area (Å²) < 4.78 is 52.3. The molecule has 0 spiro atoms. The first-order valence-electron chi connectivity index (χ1n) is 5.18. The number of aliphatic hydroxyl groups excluding tert-OH is 1. The van der Waals surface area contributed by atoms with Crippen molar-refractivity contribution < 1.29 is 22.7 Å². The number of rotatable bonds is 2. The molecule has 0 aliphatic carbocycles. The minimum atomic E-state index is -1.68. The van der Waals surface area contributed by atoms with E-state index in [0.717, 1.165) is 18.2 Å². The van der Waals surface area contributed by atoms with Crippen LogP contribution in [-0.4, -0.2) is 5.11 Å². The lowest BCUT2D eigenvalue weighted by Gasteiger charge is -2.13. The Balaban J connectivity index is 2.47. The molecule has 1 nitrogen and oxygen atoms in total. The Hall–Kier alpha value is -1.59. The molecule has 0 heterocycles. The Kier molecular flexibility index (Phi) is 3.78. The number of benzene rings is 2. The molecule has 0 saturated carbocycles. The van der Waals surface area contributed by atoms with Gasteiger partial charge in [-0.1, -0.05) is 23.7 Å². The average Bonchev–Trinajstić information content (AvgIpc) is 2.39. The highest BCUT2D eigenvalue weighted by atomic mass is 35.5. The second kappa shape index (κ2) is 5.19. The van der Waals surface area contributed by atoms with Crippen molar-refractivity contribution in [1.29, 1.82) is 0 Å². The van der Waals surface area contributed by atoms with Crippen molar-refractivity contribution >= 4 is 11.6 Å². The molecule has 1 unspecified atom stereocenters. The predicted molar refractivity (Wildman–Crippen MR) is 61.8 cm³/mol. The van der Waals surface area contributed by atoms with Crippen molar-refractivity contribution in [3.05, 3.63) is 69.8 Å². The summed E-state index contributed by atoms with van der Waals surface area (Å²) in [4.78, 5) is 0. The standard InChI is InChI=1S/C13H7ClF4O/c14-8-5-6(1-3-9(8)15)13(19)7-2-4-10(16)12(18)11(7)17/h1-5,13,19H. The summed E-state index contributed by atoms with van der Waals surface area (Å²) in [5.74, 6) is -5.23. The maximum absolute atomic E-state index is 13.5. The number of hydrogen-bond donors (Lipinski definition) is 1. The highest BCUT2D eigenvalue weighted by Crippen LogP contribution is 2.28. The van der Waals surface area contributed by atoms with E-state index in [1.807, 2.05) is 0 Å². The predicted octanol–water partition coefficient (Wildman–Crippen LogP) is 3.98. The van der Waals surface area contributed by atoms with Gasteiger partial charge in [0, 0.05) is 5.56 Å². The largest absolute Gasteiger partial charge is 0.384 e. The second-order valence-electron chi connectivity index (χ2n) is 3.84. The van der Waals surface area contributed by atoms with Crippen LogP contribution in [0.25, 0.3) is 0 Å². The van der Waals surface area contributed by atoms with Crippen molar-refractivity contribution in [3.8, 4) is 0 Å². The maximum atomic E-state index is 13.5. The van der Waals surface area contributed by atoms with Crippen LogP contribution in [-0.2, 0) is 0 Å². The SMILES string of the molecule is OC(c1ccc(F)c(Cl)c1)c1ccc(F)c(F)c1F. The van der Waals surface area contributed by atoms with Gasteiger partial charge in [-0.25, -0.2) is 17.6 Å². The summed E-state index contributed by atoms with van der Waals surface area (Å²) in [6, 6.07) is 4.85. The Bertz CT molecular complexity index is 630. The molecule has 100 valence electrons. The van der Waals surface area contributed by atoms with Gasteiger partial charge in [-0.15, -0.1) is 0 Å². The van der Waals surface area contributed by atoms with Gasteiger partial charge in [0.1, 0.15) is 11.9 Å². The van der Waals surface area contributed by atoms with E-state index in [-0.39, 0.29) is 10.6 Å². The summed E-state index contributed by atoms with van der Waals surface area (Å²) >= 11 is 5.53. The van der Waals surface area contributed by atoms with Crippen molar-refractivity contribution in [3.63, 3.8) is 0 Å². The number of halogens is 5. The molecule has 2 aromatic carbocycles. The van der Waals surface area contributed by atoms with Crippen LogP contribution in [0, 0.1) is 23.3 Å². The van der Waals surface area contributed by atoms with E-state index in [2.05, 4.69) is 0 Å². The number of hydrogen-bond acceptors (Lipinski definition) is 1. The highest BCUT2D eigenvalue weighted by Gasteiger charge is 2.21. The Morgan fingerprint density at radius 2 is 1.53 bits per heavy atom. The molecule has 2 rings (SSSR count). The molecule has 0 aliphatic heterocycles.